The standard InChI is InChI=1S/C10H18N2O2/c13-9-10(1-7-14-8-2-10)12-5-3-11-4-6-12/h9,11H,1-8H2. The van der Waals surface area contributed by atoms with Crippen molar-refractivity contribution in [1.82, 2.24) is 10.2 Å². The van der Waals surface area contributed by atoms with E-state index in [-0.39, 0.29) is 5.54 Å². The van der Waals surface area contributed by atoms with Crippen molar-refractivity contribution in [2.75, 3.05) is 39.4 Å². The molecule has 0 unspecified atom stereocenters. The van der Waals surface area contributed by atoms with E-state index in [0.29, 0.717) is 0 Å². The monoisotopic (exact) mass is 198 g/mol. The highest BCUT2D eigenvalue weighted by Gasteiger charge is 2.38. The molecule has 4 nitrogen and oxygen atoms in total. The Balaban J connectivity index is 2.04. The Morgan fingerprint density at radius 2 is 1.86 bits per heavy atom. The number of rotatable bonds is 2. The van der Waals surface area contributed by atoms with Crippen LogP contribution in [0.1, 0.15) is 12.8 Å². The van der Waals surface area contributed by atoms with E-state index in [2.05, 4.69) is 10.2 Å². The molecule has 0 atom stereocenters. The average molecular weight is 198 g/mol. The minimum atomic E-state index is -0.222. The molecule has 0 radical (unpaired) electrons. The van der Waals surface area contributed by atoms with Gasteiger partial charge in [0, 0.05) is 39.4 Å². The molecule has 2 rings (SSSR count). The van der Waals surface area contributed by atoms with E-state index < -0.39 is 0 Å². The molecular formula is C10H18N2O2. The average Bonchev–Trinajstić information content (AvgIpc) is 2.31. The topological polar surface area (TPSA) is 41.6 Å². The number of carbonyl (C=O) groups excluding carboxylic acids is 1. The fraction of sp³-hybridized carbons (Fsp3) is 0.900. The summed E-state index contributed by atoms with van der Waals surface area (Å²) < 4.78 is 5.32. The van der Waals surface area contributed by atoms with Crippen LogP contribution in [0.3, 0.4) is 0 Å². The zero-order valence-electron chi connectivity index (χ0n) is 8.50. The van der Waals surface area contributed by atoms with Crippen molar-refractivity contribution in [2.24, 2.45) is 0 Å². The summed E-state index contributed by atoms with van der Waals surface area (Å²) in [7, 11) is 0. The number of hydrogen-bond donors (Lipinski definition) is 1. The molecule has 80 valence electrons. The maximum atomic E-state index is 11.3. The van der Waals surface area contributed by atoms with Gasteiger partial charge in [-0.3, -0.25) is 4.90 Å². The normalized spacial score (nSPS) is 28.6. The third-order valence-electron chi connectivity index (χ3n) is 3.32. The highest BCUT2D eigenvalue weighted by molar-refractivity contribution is 5.64. The van der Waals surface area contributed by atoms with E-state index in [1.54, 1.807) is 0 Å². The number of hydrogen-bond acceptors (Lipinski definition) is 4. The first kappa shape index (κ1) is 10.1. The highest BCUT2D eigenvalue weighted by Crippen LogP contribution is 2.25. The van der Waals surface area contributed by atoms with Crippen LogP contribution in [-0.4, -0.2) is 56.1 Å². The second kappa shape index (κ2) is 4.38. The highest BCUT2D eigenvalue weighted by atomic mass is 16.5. The van der Waals surface area contributed by atoms with Gasteiger partial charge in [-0.1, -0.05) is 0 Å². The molecule has 0 amide bonds. The van der Waals surface area contributed by atoms with E-state index in [1.165, 1.54) is 0 Å². The second-order valence-electron chi connectivity index (χ2n) is 4.07. The minimum Gasteiger partial charge on any atom is -0.381 e. The number of ether oxygens (including phenoxy) is 1. The summed E-state index contributed by atoms with van der Waals surface area (Å²) in [5.41, 5.74) is -0.222. The van der Waals surface area contributed by atoms with Crippen molar-refractivity contribution in [2.45, 2.75) is 18.4 Å². The summed E-state index contributed by atoms with van der Waals surface area (Å²) in [6.07, 6.45) is 2.86. The molecule has 4 heteroatoms. The molecule has 0 spiro atoms. The molecular weight excluding hydrogens is 180 g/mol. The SMILES string of the molecule is O=CC1(N2CCNCC2)CCOCC1. The molecule has 2 aliphatic rings. The summed E-state index contributed by atoms with van der Waals surface area (Å²) >= 11 is 0. The van der Waals surface area contributed by atoms with Gasteiger partial charge in [-0.05, 0) is 12.8 Å². The largest absolute Gasteiger partial charge is 0.381 e. The first-order valence-electron chi connectivity index (χ1n) is 5.37. The van der Waals surface area contributed by atoms with Gasteiger partial charge in [0.15, 0.2) is 0 Å². The molecule has 0 aromatic heterocycles. The van der Waals surface area contributed by atoms with E-state index in [1.807, 2.05) is 0 Å². The van der Waals surface area contributed by atoms with Crippen molar-refractivity contribution < 1.29 is 9.53 Å². The number of nitrogens with zero attached hydrogens (tertiary/aromatic N) is 1. The van der Waals surface area contributed by atoms with Crippen molar-refractivity contribution in [3.05, 3.63) is 0 Å². The van der Waals surface area contributed by atoms with Crippen LogP contribution in [0.5, 0.6) is 0 Å². The third kappa shape index (κ3) is 1.82. The lowest BCUT2D eigenvalue weighted by molar-refractivity contribution is -0.126. The van der Waals surface area contributed by atoms with Crippen LogP contribution in [-0.2, 0) is 9.53 Å². The maximum Gasteiger partial charge on any atom is 0.140 e. The Bertz CT molecular complexity index is 196. The van der Waals surface area contributed by atoms with Gasteiger partial charge < -0.3 is 14.8 Å². The van der Waals surface area contributed by atoms with Crippen molar-refractivity contribution in [3.8, 4) is 0 Å². The van der Waals surface area contributed by atoms with Crippen LogP contribution in [0, 0.1) is 0 Å². The van der Waals surface area contributed by atoms with Gasteiger partial charge in [0.05, 0.1) is 5.54 Å². The summed E-state index contributed by atoms with van der Waals surface area (Å²) in [6.45, 7) is 5.41. The molecule has 2 saturated heterocycles. The van der Waals surface area contributed by atoms with Crippen LogP contribution in [0.25, 0.3) is 0 Å². The van der Waals surface area contributed by atoms with Gasteiger partial charge in [0.25, 0.3) is 0 Å². The molecule has 14 heavy (non-hydrogen) atoms. The van der Waals surface area contributed by atoms with Crippen LogP contribution >= 0.6 is 0 Å². The van der Waals surface area contributed by atoms with Gasteiger partial charge in [-0.25, -0.2) is 0 Å². The number of piperazine rings is 1. The third-order valence-corrected chi connectivity index (χ3v) is 3.32. The predicted molar refractivity (Wildman–Crippen MR) is 53.3 cm³/mol. The lowest BCUT2D eigenvalue weighted by Crippen LogP contribution is -2.59. The van der Waals surface area contributed by atoms with E-state index in [9.17, 15) is 4.79 Å². The first-order valence-corrected chi connectivity index (χ1v) is 5.37. The van der Waals surface area contributed by atoms with Crippen LogP contribution in [0.15, 0.2) is 0 Å². The summed E-state index contributed by atoms with van der Waals surface area (Å²) in [4.78, 5) is 13.6. The molecule has 0 aliphatic carbocycles. The molecule has 2 heterocycles. The molecule has 0 aromatic carbocycles. The summed E-state index contributed by atoms with van der Waals surface area (Å²) in [5.74, 6) is 0. The van der Waals surface area contributed by atoms with Gasteiger partial charge >= 0.3 is 0 Å². The van der Waals surface area contributed by atoms with Gasteiger partial charge in [0.1, 0.15) is 6.29 Å². The van der Waals surface area contributed by atoms with Crippen LogP contribution < -0.4 is 5.32 Å². The Hall–Kier alpha value is -0.450. The van der Waals surface area contributed by atoms with Crippen LogP contribution in [0.4, 0.5) is 0 Å². The second-order valence-corrected chi connectivity index (χ2v) is 4.07. The minimum absolute atomic E-state index is 0.222. The zero-order chi connectivity index (χ0) is 9.86. The number of carbonyl (C=O) groups is 1. The van der Waals surface area contributed by atoms with Gasteiger partial charge in [-0.15, -0.1) is 0 Å². The maximum absolute atomic E-state index is 11.3. The lowest BCUT2D eigenvalue weighted by Gasteiger charge is -2.44. The molecule has 2 fully saturated rings. The number of aldehydes is 1. The first-order chi connectivity index (χ1) is 6.87. The van der Waals surface area contributed by atoms with Gasteiger partial charge in [-0.2, -0.15) is 0 Å². The Morgan fingerprint density at radius 1 is 1.21 bits per heavy atom. The quantitative estimate of drug-likeness (QED) is 0.615. The lowest BCUT2D eigenvalue weighted by atomic mass is 9.89. The fourth-order valence-electron chi connectivity index (χ4n) is 2.34. The van der Waals surface area contributed by atoms with Crippen molar-refractivity contribution in [3.63, 3.8) is 0 Å². The van der Waals surface area contributed by atoms with Crippen molar-refractivity contribution >= 4 is 6.29 Å². The Kier molecular flexibility index (Phi) is 3.15. The van der Waals surface area contributed by atoms with E-state index in [4.69, 9.17) is 4.74 Å². The van der Waals surface area contributed by atoms with E-state index in [0.717, 1.165) is 58.5 Å². The summed E-state index contributed by atoms with van der Waals surface area (Å²) in [5, 5.41) is 3.31. The van der Waals surface area contributed by atoms with Crippen molar-refractivity contribution in [1.29, 1.82) is 0 Å². The predicted octanol–water partition coefficient (Wildman–Crippen LogP) is -0.360. The Morgan fingerprint density at radius 3 is 2.43 bits per heavy atom. The zero-order valence-corrected chi connectivity index (χ0v) is 8.50. The molecule has 2 aliphatic heterocycles. The molecule has 0 bridgehead atoms. The van der Waals surface area contributed by atoms with Crippen LogP contribution in [0.2, 0.25) is 0 Å². The summed E-state index contributed by atoms with van der Waals surface area (Å²) in [6, 6.07) is 0. The molecule has 1 N–H and O–H groups in total. The fourth-order valence-corrected chi connectivity index (χ4v) is 2.34. The molecule has 0 saturated carbocycles. The van der Waals surface area contributed by atoms with E-state index >= 15 is 0 Å². The Labute approximate surface area is 84.6 Å². The smallest absolute Gasteiger partial charge is 0.140 e. The number of nitrogens with one attached hydrogen (secondary N) is 1. The van der Waals surface area contributed by atoms with Gasteiger partial charge in [0.2, 0.25) is 0 Å². The molecule has 0 aromatic rings.